The highest BCUT2D eigenvalue weighted by Crippen LogP contribution is 2.19. The van der Waals surface area contributed by atoms with Crippen molar-refractivity contribution in [2.75, 3.05) is 33.2 Å². The fourth-order valence-corrected chi connectivity index (χ4v) is 2.24. The molecule has 0 aromatic rings. The van der Waals surface area contributed by atoms with Crippen LogP contribution in [0, 0.1) is 5.92 Å². The molecule has 1 atom stereocenters. The van der Waals surface area contributed by atoms with Crippen LogP contribution in [-0.4, -0.2) is 66.0 Å². The Hall–Kier alpha value is -1.79. The summed E-state index contributed by atoms with van der Waals surface area (Å²) in [5.74, 6) is -0.974. The van der Waals surface area contributed by atoms with Crippen LogP contribution in [0.2, 0.25) is 0 Å². The van der Waals surface area contributed by atoms with Gasteiger partial charge in [-0.2, -0.15) is 0 Å². The molecule has 0 spiro atoms. The standard InChI is InChI=1S/C13H23N3O4/c1-3-15(2)11(17)8-14-13(20)16-6-4-5-10(9-16)7-12(18)19/h10H,3-9H2,1-2H3,(H,14,20)(H,18,19). The van der Waals surface area contributed by atoms with Gasteiger partial charge in [0.1, 0.15) is 0 Å². The van der Waals surface area contributed by atoms with Crippen LogP contribution >= 0.6 is 0 Å². The molecule has 1 heterocycles. The third-order valence-electron chi connectivity index (χ3n) is 3.56. The van der Waals surface area contributed by atoms with Crippen LogP contribution in [-0.2, 0) is 9.59 Å². The molecule has 1 aliphatic rings. The van der Waals surface area contributed by atoms with Gasteiger partial charge in [-0.05, 0) is 25.7 Å². The summed E-state index contributed by atoms with van der Waals surface area (Å²) in [6.45, 7) is 3.49. The molecule has 0 aliphatic carbocycles. The smallest absolute Gasteiger partial charge is 0.317 e. The lowest BCUT2D eigenvalue weighted by Crippen LogP contribution is -2.48. The van der Waals surface area contributed by atoms with Gasteiger partial charge in [-0.1, -0.05) is 0 Å². The third-order valence-corrected chi connectivity index (χ3v) is 3.56. The second-order valence-electron chi connectivity index (χ2n) is 5.12. The zero-order chi connectivity index (χ0) is 15.1. The van der Waals surface area contributed by atoms with Gasteiger partial charge in [-0.25, -0.2) is 4.79 Å². The number of carboxylic acid groups (broad SMARTS) is 1. The molecule has 0 aromatic heterocycles. The van der Waals surface area contributed by atoms with Crippen molar-refractivity contribution >= 4 is 17.9 Å². The quantitative estimate of drug-likeness (QED) is 0.763. The molecule has 20 heavy (non-hydrogen) atoms. The van der Waals surface area contributed by atoms with Crippen LogP contribution in [0.1, 0.15) is 26.2 Å². The summed E-state index contributed by atoms with van der Waals surface area (Å²) >= 11 is 0. The lowest BCUT2D eigenvalue weighted by atomic mass is 9.95. The number of nitrogens with zero attached hydrogens (tertiary/aromatic N) is 2. The molecular weight excluding hydrogens is 262 g/mol. The van der Waals surface area contributed by atoms with Gasteiger partial charge in [0.2, 0.25) is 5.91 Å². The van der Waals surface area contributed by atoms with Crippen molar-refractivity contribution in [3.63, 3.8) is 0 Å². The minimum Gasteiger partial charge on any atom is -0.481 e. The van der Waals surface area contributed by atoms with Gasteiger partial charge in [0.15, 0.2) is 0 Å². The van der Waals surface area contributed by atoms with Gasteiger partial charge in [0.25, 0.3) is 0 Å². The number of hydrogen-bond acceptors (Lipinski definition) is 3. The maximum atomic E-state index is 11.9. The van der Waals surface area contributed by atoms with Gasteiger partial charge in [-0.3, -0.25) is 9.59 Å². The fraction of sp³-hybridized carbons (Fsp3) is 0.769. The van der Waals surface area contributed by atoms with E-state index in [1.54, 1.807) is 11.9 Å². The lowest BCUT2D eigenvalue weighted by molar-refractivity contribution is -0.138. The number of carbonyl (C=O) groups excluding carboxylic acids is 2. The summed E-state index contributed by atoms with van der Waals surface area (Å²) in [5.41, 5.74) is 0. The van der Waals surface area contributed by atoms with E-state index in [4.69, 9.17) is 5.11 Å². The van der Waals surface area contributed by atoms with Gasteiger partial charge in [-0.15, -0.1) is 0 Å². The highest BCUT2D eigenvalue weighted by atomic mass is 16.4. The number of urea groups is 1. The molecule has 1 fully saturated rings. The topological polar surface area (TPSA) is 90.0 Å². The number of piperidine rings is 1. The van der Waals surface area contributed by atoms with Crippen LogP contribution in [0.15, 0.2) is 0 Å². The van der Waals surface area contributed by atoms with Crippen molar-refractivity contribution in [3.8, 4) is 0 Å². The molecule has 0 saturated carbocycles. The first-order valence-electron chi connectivity index (χ1n) is 6.92. The van der Waals surface area contributed by atoms with E-state index in [1.807, 2.05) is 6.92 Å². The highest BCUT2D eigenvalue weighted by molar-refractivity contribution is 5.83. The van der Waals surface area contributed by atoms with Gasteiger partial charge in [0.05, 0.1) is 6.54 Å². The summed E-state index contributed by atoms with van der Waals surface area (Å²) in [5, 5.41) is 11.4. The molecule has 0 radical (unpaired) electrons. The zero-order valence-corrected chi connectivity index (χ0v) is 12.1. The van der Waals surface area contributed by atoms with Gasteiger partial charge < -0.3 is 20.2 Å². The van der Waals surface area contributed by atoms with Crippen LogP contribution in [0.3, 0.4) is 0 Å². The Labute approximate surface area is 118 Å². The number of nitrogens with one attached hydrogen (secondary N) is 1. The number of carbonyl (C=O) groups is 3. The minimum atomic E-state index is -0.836. The molecule has 114 valence electrons. The number of amides is 3. The number of likely N-dealkylation sites (N-methyl/N-ethyl adjacent to an activating group) is 1. The fourth-order valence-electron chi connectivity index (χ4n) is 2.24. The van der Waals surface area contributed by atoms with E-state index in [0.717, 1.165) is 12.8 Å². The van der Waals surface area contributed by atoms with E-state index in [1.165, 1.54) is 4.90 Å². The van der Waals surface area contributed by atoms with E-state index in [-0.39, 0.29) is 30.8 Å². The normalized spacial score (nSPS) is 18.5. The van der Waals surface area contributed by atoms with Crippen molar-refractivity contribution in [1.82, 2.24) is 15.1 Å². The number of carboxylic acids is 1. The molecule has 1 saturated heterocycles. The number of likely N-dealkylation sites (tertiary alicyclic amines) is 1. The summed E-state index contributed by atoms with van der Waals surface area (Å²) in [4.78, 5) is 37.4. The first-order chi connectivity index (χ1) is 9.43. The number of aliphatic carboxylic acids is 1. The summed E-state index contributed by atoms with van der Waals surface area (Å²) < 4.78 is 0. The van der Waals surface area contributed by atoms with Crippen LogP contribution < -0.4 is 5.32 Å². The molecule has 1 unspecified atom stereocenters. The van der Waals surface area contributed by atoms with Crippen molar-refractivity contribution in [1.29, 1.82) is 0 Å². The Morgan fingerprint density at radius 2 is 2.10 bits per heavy atom. The Bertz CT molecular complexity index is 373. The van der Waals surface area contributed by atoms with Crippen LogP contribution in [0.5, 0.6) is 0 Å². The van der Waals surface area contributed by atoms with E-state index < -0.39 is 5.97 Å². The molecule has 0 bridgehead atoms. The Kier molecular flexibility index (Phi) is 6.27. The molecule has 1 rings (SSSR count). The number of rotatable bonds is 5. The summed E-state index contributed by atoms with van der Waals surface area (Å²) in [6, 6.07) is -0.294. The molecule has 7 nitrogen and oxygen atoms in total. The van der Waals surface area contributed by atoms with E-state index in [9.17, 15) is 14.4 Å². The Morgan fingerprint density at radius 3 is 2.70 bits per heavy atom. The largest absolute Gasteiger partial charge is 0.481 e. The van der Waals surface area contributed by atoms with Gasteiger partial charge >= 0.3 is 12.0 Å². The summed E-state index contributed by atoms with van der Waals surface area (Å²) in [7, 11) is 1.68. The molecule has 0 aromatic carbocycles. The zero-order valence-electron chi connectivity index (χ0n) is 12.1. The molecule has 3 amide bonds. The summed E-state index contributed by atoms with van der Waals surface area (Å²) in [6.07, 6.45) is 1.71. The predicted molar refractivity (Wildman–Crippen MR) is 73.3 cm³/mol. The van der Waals surface area contributed by atoms with Crippen LogP contribution in [0.25, 0.3) is 0 Å². The predicted octanol–water partition coefficient (Wildman–Crippen LogP) is 0.361. The van der Waals surface area contributed by atoms with E-state index in [0.29, 0.717) is 19.6 Å². The van der Waals surface area contributed by atoms with Gasteiger partial charge in [0, 0.05) is 33.1 Å². The van der Waals surface area contributed by atoms with Crippen molar-refractivity contribution in [3.05, 3.63) is 0 Å². The van der Waals surface area contributed by atoms with Crippen molar-refractivity contribution in [2.45, 2.75) is 26.2 Å². The lowest BCUT2D eigenvalue weighted by Gasteiger charge is -2.32. The Balaban J connectivity index is 2.39. The van der Waals surface area contributed by atoms with Crippen molar-refractivity contribution in [2.24, 2.45) is 5.92 Å². The Morgan fingerprint density at radius 1 is 1.40 bits per heavy atom. The molecule has 2 N–H and O–H groups in total. The number of hydrogen-bond donors (Lipinski definition) is 2. The average Bonchev–Trinajstić information content (AvgIpc) is 2.43. The average molecular weight is 285 g/mol. The van der Waals surface area contributed by atoms with E-state index >= 15 is 0 Å². The third kappa shape index (κ3) is 5.07. The minimum absolute atomic E-state index is 0.000942. The second-order valence-corrected chi connectivity index (χ2v) is 5.12. The molecule has 7 heteroatoms. The second kappa shape index (κ2) is 7.72. The molecule has 1 aliphatic heterocycles. The maximum absolute atomic E-state index is 11.9. The van der Waals surface area contributed by atoms with Crippen molar-refractivity contribution < 1.29 is 19.5 Å². The molecular formula is C13H23N3O4. The monoisotopic (exact) mass is 285 g/mol. The first-order valence-corrected chi connectivity index (χ1v) is 6.92. The van der Waals surface area contributed by atoms with Crippen LogP contribution in [0.4, 0.5) is 4.79 Å². The maximum Gasteiger partial charge on any atom is 0.317 e. The first kappa shape index (κ1) is 16.3. The SMILES string of the molecule is CCN(C)C(=O)CNC(=O)N1CCCC(CC(=O)O)C1. The van der Waals surface area contributed by atoms with E-state index in [2.05, 4.69) is 5.32 Å². The highest BCUT2D eigenvalue weighted by Gasteiger charge is 2.25.